The maximum Gasteiger partial charge on any atom is 0.338 e. The van der Waals surface area contributed by atoms with Gasteiger partial charge in [-0.2, -0.15) is 0 Å². The van der Waals surface area contributed by atoms with Crippen molar-refractivity contribution in [2.24, 2.45) is 5.18 Å². The molecule has 0 fully saturated rings. The van der Waals surface area contributed by atoms with E-state index < -0.39 is 5.97 Å². The summed E-state index contributed by atoms with van der Waals surface area (Å²) in [5, 5.41) is 2.97. The molecule has 1 aromatic carbocycles. The second-order valence-electron chi connectivity index (χ2n) is 4.18. The van der Waals surface area contributed by atoms with E-state index in [9.17, 15) is 9.70 Å². The first kappa shape index (κ1) is 13.9. The number of esters is 1. The number of ether oxygens (including phenoxy) is 1. The Balaban J connectivity index is 2.61. The van der Waals surface area contributed by atoms with Crippen molar-refractivity contribution in [3.63, 3.8) is 0 Å². The first-order valence-corrected chi connectivity index (χ1v) is 6.25. The summed E-state index contributed by atoms with van der Waals surface area (Å²) < 4.78 is 5.02. The predicted molar refractivity (Wildman–Crippen MR) is 75.8 cm³/mol. The first-order chi connectivity index (χ1) is 9.67. The lowest BCUT2D eigenvalue weighted by Gasteiger charge is -2.09. The molecule has 0 saturated heterocycles. The number of pyridine rings is 1. The number of hydrogen-bond acceptors (Lipinski definition) is 5. The molecule has 0 aliphatic carbocycles. The maximum absolute atomic E-state index is 12.0. The number of nitroso groups, excluding NO2 is 1. The monoisotopic (exact) mass is 270 g/mol. The fourth-order valence-electron chi connectivity index (χ4n) is 1.90. The Morgan fingerprint density at radius 3 is 2.70 bits per heavy atom. The Hall–Kier alpha value is -2.56. The van der Waals surface area contributed by atoms with Crippen LogP contribution in [-0.2, 0) is 4.74 Å². The minimum absolute atomic E-state index is 0.201. The number of carbonyl (C=O) groups excluding carboxylic acids is 1. The molecule has 2 rings (SSSR count). The van der Waals surface area contributed by atoms with Crippen molar-refractivity contribution in [1.29, 1.82) is 0 Å². The van der Waals surface area contributed by atoms with Gasteiger partial charge in [-0.25, -0.2) is 4.79 Å². The molecule has 5 nitrogen and oxygen atoms in total. The van der Waals surface area contributed by atoms with E-state index in [-0.39, 0.29) is 12.3 Å². The van der Waals surface area contributed by atoms with Crippen LogP contribution >= 0.6 is 0 Å². The third-order valence-electron chi connectivity index (χ3n) is 2.79. The van der Waals surface area contributed by atoms with Crippen molar-refractivity contribution in [1.82, 2.24) is 4.98 Å². The number of aryl methyl sites for hydroxylation is 1. The first-order valence-electron chi connectivity index (χ1n) is 6.25. The molecule has 0 N–H and O–H groups in total. The summed E-state index contributed by atoms with van der Waals surface area (Å²) in [4.78, 5) is 27.2. The molecule has 0 radical (unpaired) electrons. The Bertz CT molecular complexity index is 653. The molecule has 0 saturated carbocycles. The van der Waals surface area contributed by atoms with Crippen LogP contribution in [0.5, 0.6) is 0 Å². The number of hydrogen-bond donors (Lipinski definition) is 0. The minimum Gasteiger partial charge on any atom is -0.462 e. The summed E-state index contributed by atoms with van der Waals surface area (Å²) >= 11 is 0. The lowest BCUT2D eigenvalue weighted by Crippen LogP contribution is -2.06. The van der Waals surface area contributed by atoms with Crippen molar-refractivity contribution in [3.8, 4) is 11.3 Å². The van der Waals surface area contributed by atoms with E-state index >= 15 is 0 Å². The molecular weight excluding hydrogens is 256 g/mol. The molecular formula is C15H14N2O3. The highest BCUT2D eigenvalue weighted by atomic mass is 16.5. The van der Waals surface area contributed by atoms with Crippen LogP contribution in [0.4, 0.5) is 5.69 Å². The number of aromatic nitrogens is 1. The van der Waals surface area contributed by atoms with E-state index in [0.29, 0.717) is 16.8 Å². The highest BCUT2D eigenvalue weighted by molar-refractivity contribution is 5.98. The van der Waals surface area contributed by atoms with Crippen LogP contribution in [0.1, 0.15) is 23.0 Å². The van der Waals surface area contributed by atoms with E-state index in [1.165, 1.54) is 0 Å². The lowest BCUT2D eigenvalue weighted by molar-refractivity contribution is 0.0527. The van der Waals surface area contributed by atoms with Gasteiger partial charge in [0.05, 0.1) is 12.2 Å². The van der Waals surface area contributed by atoms with Crippen LogP contribution < -0.4 is 0 Å². The lowest BCUT2D eigenvalue weighted by atomic mass is 10.0. The average Bonchev–Trinajstić information content (AvgIpc) is 2.47. The summed E-state index contributed by atoms with van der Waals surface area (Å²) in [6.45, 7) is 3.84. The zero-order valence-electron chi connectivity index (χ0n) is 11.3. The highest BCUT2D eigenvalue weighted by Crippen LogP contribution is 2.31. The molecule has 5 heteroatoms. The average molecular weight is 270 g/mol. The molecule has 1 heterocycles. The molecule has 0 spiro atoms. The van der Waals surface area contributed by atoms with Crippen LogP contribution in [0, 0.1) is 11.8 Å². The second kappa shape index (κ2) is 6.06. The van der Waals surface area contributed by atoms with Gasteiger partial charge in [-0.3, -0.25) is 4.98 Å². The van der Waals surface area contributed by atoms with Gasteiger partial charge >= 0.3 is 5.97 Å². The van der Waals surface area contributed by atoms with Gasteiger partial charge in [-0.1, -0.05) is 18.2 Å². The van der Waals surface area contributed by atoms with Crippen LogP contribution in [-0.4, -0.2) is 17.6 Å². The van der Waals surface area contributed by atoms with Gasteiger partial charge in [0.1, 0.15) is 11.4 Å². The summed E-state index contributed by atoms with van der Waals surface area (Å²) in [5.41, 5.74) is 2.25. The van der Waals surface area contributed by atoms with Gasteiger partial charge in [-0.05, 0) is 37.2 Å². The van der Waals surface area contributed by atoms with E-state index in [2.05, 4.69) is 10.2 Å². The molecule has 2 aromatic rings. The Morgan fingerprint density at radius 1 is 1.25 bits per heavy atom. The Kier molecular flexibility index (Phi) is 4.20. The van der Waals surface area contributed by atoms with Gasteiger partial charge in [-0.15, -0.1) is 4.91 Å². The second-order valence-corrected chi connectivity index (χ2v) is 4.18. The molecule has 0 aliphatic heterocycles. The quantitative estimate of drug-likeness (QED) is 0.628. The fraction of sp³-hybridized carbons (Fsp3) is 0.200. The Morgan fingerprint density at radius 2 is 2.00 bits per heavy atom. The molecule has 0 aliphatic rings. The van der Waals surface area contributed by atoms with Gasteiger partial charge in [0, 0.05) is 11.3 Å². The molecule has 102 valence electrons. The van der Waals surface area contributed by atoms with E-state index in [1.807, 2.05) is 6.92 Å². The zero-order chi connectivity index (χ0) is 14.5. The van der Waals surface area contributed by atoms with E-state index in [0.717, 1.165) is 5.69 Å². The van der Waals surface area contributed by atoms with E-state index in [4.69, 9.17) is 4.74 Å². The zero-order valence-corrected chi connectivity index (χ0v) is 11.3. The van der Waals surface area contributed by atoms with E-state index in [1.54, 1.807) is 43.3 Å². The topological polar surface area (TPSA) is 68.6 Å². The van der Waals surface area contributed by atoms with Crippen molar-refractivity contribution < 1.29 is 9.53 Å². The smallest absolute Gasteiger partial charge is 0.338 e. The van der Waals surface area contributed by atoms with Gasteiger partial charge in [0.25, 0.3) is 0 Å². The number of nitrogens with zero attached hydrogens (tertiary/aromatic N) is 2. The summed E-state index contributed by atoms with van der Waals surface area (Å²) in [5.74, 6) is -0.441. The molecule has 0 amide bonds. The predicted octanol–water partition coefficient (Wildman–Crippen LogP) is 3.63. The third kappa shape index (κ3) is 2.71. The SMILES string of the molecule is CCOC(=O)c1ccccc1-c1nc(C)ccc1N=O. The standard InChI is InChI=1S/C15H14N2O3/c1-3-20-15(18)12-7-5-4-6-11(12)14-13(17-19)9-8-10(2)16-14/h4-9H,3H2,1-2H3. The highest BCUT2D eigenvalue weighted by Gasteiger charge is 2.17. The number of carbonyl (C=O) groups is 1. The molecule has 20 heavy (non-hydrogen) atoms. The van der Waals surface area contributed by atoms with Crippen molar-refractivity contribution in [3.05, 3.63) is 52.6 Å². The molecule has 1 aromatic heterocycles. The summed E-state index contributed by atoms with van der Waals surface area (Å²) in [6.07, 6.45) is 0. The molecule has 0 unspecified atom stereocenters. The Labute approximate surface area is 116 Å². The van der Waals surface area contributed by atoms with Crippen LogP contribution in [0.15, 0.2) is 41.6 Å². The largest absolute Gasteiger partial charge is 0.462 e. The van der Waals surface area contributed by atoms with Gasteiger partial charge in [0.2, 0.25) is 0 Å². The van der Waals surface area contributed by atoms with Crippen molar-refractivity contribution in [2.75, 3.05) is 6.61 Å². The van der Waals surface area contributed by atoms with Crippen LogP contribution in [0.2, 0.25) is 0 Å². The number of benzene rings is 1. The summed E-state index contributed by atoms with van der Waals surface area (Å²) in [7, 11) is 0. The van der Waals surface area contributed by atoms with Crippen molar-refractivity contribution >= 4 is 11.7 Å². The normalized spacial score (nSPS) is 10.1. The van der Waals surface area contributed by atoms with Crippen LogP contribution in [0.3, 0.4) is 0 Å². The number of rotatable bonds is 4. The maximum atomic E-state index is 12.0. The minimum atomic E-state index is -0.441. The van der Waals surface area contributed by atoms with Crippen molar-refractivity contribution in [2.45, 2.75) is 13.8 Å². The summed E-state index contributed by atoms with van der Waals surface area (Å²) in [6, 6.07) is 10.2. The van der Waals surface area contributed by atoms with Gasteiger partial charge in [0.15, 0.2) is 0 Å². The molecule has 0 atom stereocenters. The van der Waals surface area contributed by atoms with Crippen LogP contribution in [0.25, 0.3) is 11.3 Å². The van der Waals surface area contributed by atoms with Gasteiger partial charge < -0.3 is 4.74 Å². The molecule has 0 bridgehead atoms. The fourth-order valence-corrected chi connectivity index (χ4v) is 1.90. The third-order valence-corrected chi connectivity index (χ3v) is 2.79.